The van der Waals surface area contributed by atoms with E-state index in [9.17, 15) is 0 Å². The highest BCUT2D eigenvalue weighted by atomic mass is 35.5. The van der Waals surface area contributed by atoms with Gasteiger partial charge in [-0.15, -0.1) is 11.6 Å². The Kier molecular flexibility index (Phi) is 2.32. The van der Waals surface area contributed by atoms with Crippen LogP contribution in [-0.2, 0) is 0 Å². The molecule has 1 aromatic carbocycles. The van der Waals surface area contributed by atoms with Crippen LogP contribution in [-0.4, -0.2) is 4.87 Å². The van der Waals surface area contributed by atoms with Crippen LogP contribution < -0.4 is 0 Å². The number of hydrogen-bond donors (Lipinski definition) is 0. The fraction of sp³-hybridized carbons (Fsp3) is 0.429. The monoisotopic (exact) mass is 218 g/mol. The Balaban J connectivity index is 2.22. The first-order valence-corrected chi connectivity index (χ1v) is 5.63. The quantitative estimate of drug-likeness (QED) is 0.460. The smallest absolute Gasteiger partial charge is 0.104 e. The minimum Gasteiger partial charge on any atom is -0.104 e. The van der Waals surface area contributed by atoms with E-state index in [1.165, 1.54) is 0 Å². The lowest BCUT2D eigenvalue weighted by molar-refractivity contribution is 0.578. The molecule has 2 atom stereocenters. The number of halogens is 1. The van der Waals surface area contributed by atoms with Crippen LogP contribution >= 0.6 is 11.6 Å². The van der Waals surface area contributed by atoms with Crippen molar-refractivity contribution >= 4 is 11.6 Å². The highest BCUT2D eigenvalue weighted by Crippen LogP contribution is 2.65. The molecule has 2 unspecified atom stereocenters. The van der Waals surface area contributed by atoms with Crippen LogP contribution in [0.25, 0.3) is 0 Å². The predicted molar refractivity (Wildman–Crippen MR) is 64.8 cm³/mol. The lowest BCUT2D eigenvalue weighted by atomic mass is 10.1. The molecule has 15 heavy (non-hydrogen) atoms. The largest absolute Gasteiger partial charge is 0.114 e. The molecule has 2 rings (SSSR count). The number of benzene rings is 1. The fourth-order valence-electron chi connectivity index (χ4n) is 1.91. The molecule has 0 bridgehead atoms. The second-order valence-corrected chi connectivity index (χ2v) is 5.37. The summed E-state index contributed by atoms with van der Waals surface area (Å²) in [6.45, 7) is 6.50. The maximum atomic E-state index is 6.46. The lowest BCUT2D eigenvalue weighted by Gasteiger charge is -2.02. The van der Waals surface area contributed by atoms with Crippen molar-refractivity contribution in [1.29, 1.82) is 0 Å². The van der Waals surface area contributed by atoms with Crippen molar-refractivity contribution < 1.29 is 0 Å². The van der Waals surface area contributed by atoms with Crippen molar-refractivity contribution in [3.63, 3.8) is 0 Å². The van der Waals surface area contributed by atoms with Crippen molar-refractivity contribution in [1.82, 2.24) is 0 Å². The van der Waals surface area contributed by atoms with Crippen LogP contribution in [0.1, 0.15) is 26.3 Å². The zero-order chi connectivity index (χ0) is 11.1. The third-order valence-electron chi connectivity index (χ3n) is 3.70. The minimum absolute atomic E-state index is 0.135. The van der Waals surface area contributed by atoms with Gasteiger partial charge in [-0.25, -0.2) is 0 Å². The molecular weight excluding hydrogens is 204 g/mol. The Hall–Kier alpha value is -0.930. The van der Waals surface area contributed by atoms with Crippen LogP contribution in [0.4, 0.5) is 0 Å². The normalized spacial score (nSPS) is 31.6. The predicted octanol–water partition coefficient (Wildman–Crippen LogP) is 3.69. The molecule has 1 heteroatoms. The first kappa shape index (κ1) is 10.6. The molecular formula is C14H15Cl. The third-order valence-corrected chi connectivity index (χ3v) is 4.61. The zero-order valence-electron chi connectivity index (χ0n) is 9.34. The van der Waals surface area contributed by atoms with E-state index in [4.69, 9.17) is 11.6 Å². The zero-order valence-corrected chi connectivity index (χ0v) is 10.1. The average Bonchev–Trinajstić information content (AvgIpc) is 2.62. The topological polar surface area (TPSA) is 0 Å². The molecule has 78 valence electrons. The minimum atomic E-state index is -0.331. The van der Waals surface area contributed by atoms with Gasteiger partial charge in [-0.1, -0.05) is 50.8 Å². The summed E-state index contributed by atoms with van der Waals surface area (Å²) in [5.74, 6) is 6.82. The maximum Gasteiger partial charge on any atom is 0.114 e. The van der Waals surface area contributed by atoms with Gasteiger partial charge >= 0.3 is 0 Å². The van der Waals surface area contributed by atoms with Crippen LogP contribution in [0, 0.1) is 23.2 Å². The molecule has 0 radical (unpaired) electrons. The Morgan fingerprint density at radius 1 is 1.20 bits per heavy atom. The van der Waals surface area contributed by atoms with Crippen molar-refractivity contribution in [3.05, 3.63) is 35.9 Å². The molecule has 0 N–H and O–H groups in total. The van der Waals surface area contributed by atoms with Gasteiger partial charge in [0.2, 0.25) is 0 Å². The van der Waals surface area contributed by atoms with Gasteiger partial charge in [-0.3, -0.25) is 0 Å². The number of rotatable bonds is 0. The second-order valence-electron chi connectivity index (χ2n) is 4.77. The van der Waals surface area contributed by atoms with Crippen LogP contribution in [0.15, 0.2) is 30.3 Å². The molecule has 0 heterocycles. The molecule has 1 aliphatic rings. The standard InChI is InChI=1S/C14H15Cl/c1-11-13(2,3)14(11,15)10-9-12-7-5-4-6-8-12/h4-8,11H,1-3H3. The van der Waals surface area contributed by atoms with Gasteiger partial charge in [-0.2, -0.15) is 0 Å². The Morgan fingerprint density at radius 3 is 2.20 bits per heavy atom. The van der Waals surface area contributed by atoms with Crippen LogP contribution in [0.5, 0.6) is 0 Å². The summed E-state index contributed by atoms with van der Waals surface area (Å²) in [6, 6.07) is 9.99. The molecule has 1 saturated carbocycles. The molecule has 0 spiro atoms. The van der Waals surface area contributed by atoms with E-state index in [1.807, 2.05) is 30.3 Å². The van der Waals surface area contributed by atoms with Crippen LogP contribution in [0.2, 0.25) is 0 Å². The van der Waals surface area contributed by atoms with Crippen molar-refractivity contribution in [2.24, 2.45) is 11.3 Å². The van der Waals surface area contributed by atoms with Crippen molar-refractivity contribution in [3.8, 4) is 11.8 Å². The van der Waals surface area contributed by atoms with Gasteiger partial charge in [0, 0.05) is 11.0 Å². The third kappa shape index (κ3) is 1.56. The Labute approximate surface area is 96.6 Å². The summed E-state index contributed by atoms with van der Waals surface area (Å²) < 4.78 is 0. The van der Waals surface area contributed by atoms with E-state index in [0.717, 1.165) is 5.56 Å². The Bertz CT molecular complexity index is 422. The Morgan fingerprint density at radius 2 is 1.73 bits per heavy atom. The summed E-state index contributed by atoms with van der Waals surface area (Å²) >= 11 is 6.46. The molecule has 1 fully saturated rings. The van der Waals surface area contributed by atoms with Crippen molar-refractivity contribution in [2.75, 3.05) is 0 Å². The number of hydrogen-bond acceptors (Lipinski definition) is 0. The van der Waals surface area contributed by atoms with E-state index in [2.05, 4.69) is 32.6 Å². The van der Waals surface area contributed by atoms with Gasteiger partial charge in [-0.05, 0) is 18.1 Å². The summed E-state index contributed by atoms with van der Waals surface area (Å²) in [4.78, 5) is -0.331. The summed E-state index contributed by atoms with van der Waals surface area (Å²) in [7, 11) is 0. The van der Waals surface area contributed by atoms with E-state index >= 15 is 0 Å². The first-order chi connectivity index (χ1) is 6.98. The fourth-order valence-corrected chi connectivity index (χ4v) is 2.34. The van der Waals surface area contributed by atoms with E-state index in [0.29, 0.717) is 5.92 Å². The van der Waals surface area contributed by atoms with Gasteiger partial charge in [0.1, 0.15) is 4.87 Å². The summed E-state index contributed by atoms with van der Waals surface area (Å²) in [5.41, 5.74) is 1.17. The van der Waals surface area contributed by atoms with Gasteiger partial charge in [0.15, 0.2) is 0 Å². The van der Waals surface area contributed by atoms with E-state index in [1.54, 1.807) is 0 Å². The summed E-state index contributed by atoms with van der Waals surface area (Å²) in [5, 5.41) is 0. The van der Waals surface area contributed by atoms with Crippen LogP contribution in [0.3, 0.4) is 0 Å². The maximum absolute atomic E-state index is 6.46. The highest BCUT2D eigenvalue weighted by molar-refractivity contribution is 6.29. The lowest BCUT2D eigenvalue weighted by Crippen LogP contribution is -2.04. The molecule has 0 aromatic heterocycles. The SMILES string of the molecule is CC1C(C)(C)C1(Cl)C#Cc1ccccc1. The molecule has 1 aliphatic carbocycles. The average molecular weight is 219 g/mol. The molecule has 0 nitrogen and oxygen atoms in total. The summed E-state index contributed by atoms with van der Waals surface area (Å²) in [6.07, 6.45) is 0. The number of alkyl halides is 1. The molecule has 0 aliphatic heterocycles. The van der Waals surface area contributed by atoms with Crippen molar-refractivity contribution in [2.45, 2.75) is 25.6 Å². The van der Waals surface area contributed by atoms with Gasteiger partial charge in [0.25, 0.3) is 0 Å². The van der Waals surface area contributed by atoms with E-state index in [-0.39, 0.29) is 10.3 Å². The molecule has 0 saturated heterocycles. The second kappa shape index (κ2) is 3.29. The van der Waals surface area contributed by atoms with Gasteiger partial charge in [0.05, 0.1) is 0 Å². The highest BCUT2D eigenvalue weighted by Gasteiger charge is 2.67. The van der Waals surface area contributed by atoms with E-state index < -0.39 is 0 Å². The first-order valence-electron chi connectivity index (χ1n) is 5.25. The van der Waals surface area contributed by atoms with Gasteiger partial charge < -0.3 is 0 Å². The molecule has 0 amide bonds. The molecule has 1 aromatic rings.